The number of fused-ring (bicyclic) bond motifs is 2. The second-order valence-electron chi connectivity index (χ2n) is 26.4. The molecule has 24 nitrogen and oxygen atoms in total. The summed E-state index contributed by atoms with van der Waals surface area (Å²) in [7, 11) is 5.69. The van der Waals surface area contributed by atoms with E-state index in [1.165, 1.54) is 25.1 Å². The van der Waals surface area contributed by atoms with Crippen LogP contribution in [-0.4, -0.2) is 223 Å². The Morgan fingerprint density at radius 2 is 1.27 bits per heavy atom. The molecule has 502 valence electrons. The van der Waals surface area contributed by atoms with Crippen LogP contribution in [0.2, 0.25) is 0 Å². The number of ketones is 2. The molecule has 0 bridgehead atoms. The van der Waals surface area contributed by atoms with Crippen LogP contribution in [0.15, 0.2) is 91.0 Å². The number of benzene rings is 4. The summed E-state index contributed by atoms with van der Waals surface area (Å²) in [6.07, 6.45) is -13.2. The zero-order valence-corrected chi connectivity index (χ0v) is 54.1. The van der Waals surface area contributed by atoms with E-state index >= 15 is 0 Å². The number of carbonyl (C=O) groups excluding carboxylic acids is 7. The SMILES string of the molecule is CCCCCOc1ccc(-c2ccc(-c3ccc(C(=O)C[C@H]4C[C@@H](O)[C@@H](NCC[N+](C)(C)C)NC(=O)[C@@H]5[C@@H](O)[C@@H](C)CN5C(=O)[C@H]([C@@H](C)O)NC(=O)[C@H]([C@H](O)[C@@H](O)c5ccc(O)c(NC(C)C)c5)CC(=O)[C@@H]5C[C@@H](O)CN5C(=O)[C@H]([C@@H](C)O)NC4=O)cc3)cc2)cc1. The van der Waals surface area contributed by atoms with Gasteiger partial charge in [0, 0.05) is 62.3 Å². The molecule has 0 unspecified atom stereocenters. The maximum absolute atomic E-state index is 15.0. The number of hydrogen-bond donors (Lipinski definition) is 13. The number of nitrogens with zero attached hydrogens (tertiary/aromatic N) is 3. The van der Waals surface area contributed by atoms with Crippen molar-refractivity contribution < 1.29 is 83.6 Å². The van der Waals surface area contributed by atoms with E-state index in [0.717, 1.165) is 64.0 Å². The van der Waals surface area contributed by atoms with Crippen molar-refractivity contribution >= 4 is 46.8 Å². The highest BCUT2D eigenvalue weighted by Gasteiger charge is 2.50. The van der Waals surface area contributed by atoms with Crippen molar-refractivity contribution in [1.82, 2.24) is 31.1 Å². The van der Waals surface area contributed by atoms with Crippen LogP contribution in [-0.2, 0) is 28.8 Å². The minimum absolute atomic E-state index is 0.0329. The lowest BCUT2D eigenvalue weighted by atomic mass is 9.86. The van der Waals surface area contributed by atoms with E-state index < -0.39 is 164 Å². The smallest absolute Gasteiger partial charge is 0.248 e. The Labute approximate surface area is 537 Å². The molecule has 3 aliphatic rings. The molecule has 15 atom stereocenters. The molecule has 3 saturated heterocycles. The second kappa shape index (κ2) is 32.0. The average molecular weight is 1280 g/mol. The zero-order valence-electron chi connectivity index (χ0n) is 54.1. The minimum atomic E-state index is -2.20. The number of Topliss-reactive ketones (excluding diaryl/α,β-unsaturated/α-hetero) is 2. The summed E-state index contributed by atoms with van der Waals surface area (Å²) in [6, 6.07) is 18.9. The topological polar surface area (TPSA) is 357 Å². The van der Waals surface area contributed by atoms with Crippen molar-refractivity contribution in [3.8, 4) is 33.8 Å². The number of hydrogen-bond acceptors (Lipinski definition) is 18. The number of rotatable bonds is 21. The number of unbranched alkanes of at least 4 members (excludes halogenated alkanes) is 2. The molecule has 0 saturated carbocycles. The van der Waals surface area contributed by atoms with Crippen LogP contribution in [0.25, 0.3) is 22.3 Å². The number of aromatic hydroxyl groups is 1. The van der Waals surface area contributed by atoms with E-state index in [2.05, 4.69) is 33.5 Å². The number of likely N-dealkylation sites (N-methyl/N-ethyl adjacent to an activating group) is 1. The van der Waals surface area contributed by atoms with Crippen LogP contribution < -0.4 is 31.3 Å². The number of ether oxygens (including phenoxy) is 1. The number of phenols is 1. The summed E-state index contributed by atoms with van der Waals surface area (Å²) >= 11 is 0. The van der Waals surface area contributed by atoms with Gasteiger partial charge in [0.2, 0.25) is 29.5 Å². The molecule has 4 aromatic carbocycles. The predicted octanol–water partition coefficient (Wildman–Crippen LogP) is 2.38. The summed E-state index contributed by atoms with van der Waals surface area (Å²) in [5.41, 5.74) is 3.88. The molecular formula is C68H95N8O16+. The van der Waals surface area contributed by atoms with Gasteiger partial charge in [0.15, 0.2) is 11.6 Å². The van der Waals surface area contributed by atoms with Crippen LogP contribution >= 0.6 is 0 Å². The minimum Gasteiger partial charge on any atom is -0.506 e. The summed E-state index contributed by atoms with van der Waals surface area (Å²) < 4.78 is 6.29. The van der Waals surface area contributed by atoms with Crippen molar-refractivity contribution in [3.05, 3.63) is 102 Å². The molecule has 3 aliphatic heterocycles. The van der Waals surface area contributed by atoms with E-state index in [9.17, 15) is 74.4 Å². The molecule has 0 aliphatic carbocycles. The fourth-order valence-corrected chi connectivity index (χ4v) is 12.0. The first kappa shape index (κ1) is 72.0. The standard InChI is InChI=1S/C68H94N8O16/c1-10-11-12-29-92-49-24-21-44(22-25-49)42-15-13-41(14-16-42)43-17-19-45(20-18-43)54(81)31-47-32-56(83)63(69-27-28-76(7,8)9)73-66(89)59-60(84)38(4)35-75(59)68(91)58(40(6)78)72-65(88)50(62(86)61(85)46-23-26-53(80)51(30-46)70-37(2)3)34-55(82)52-33-48(79)36-74(52)67(90)57(39(5)77)71-64(47)87/h13-26,30,37-40,47-48,50,52,56-63,69-70,77-79,83-86H,10-12,27-29,31-36H2,1-9H3,(H3-,71,72,73,80,87,88,89)/p+1/t38-,39+,40+,47-,48+,50-,52-,56+,57-,58-,59-,60-,61-,62-,63-/m0/s1. The maximum atomic E-state index is 15.0. The highest BCUT2D eigenvalue weighted by Crippen LogP contribution is 2.35. The van der Waals surface area contributed by atoms with Crippen molar-refractivity contribution in [2.45, 2.75) is 166 Å². The van der Waals surface area contributed by atoms with E-state index in [4.69, 9.17) is 4.74 Å². The molecule has 5 amide bonds. The van der Waals surface area contributed by atoms with E-state index in [0.29, 0.717) is 17.6 Å². The van der Waals surface area contributed by atoms with Crippen LogP contribution in [0.3, 0.4) is 0 Å². The van der Waals surface area contributed by atoms with Gasteiger partial charge < -0.3 is 81.1 Å². The lowest BCUT2D eigenvalue weighted by Gasteiger charge is -2.34. The van der Waals surface area contributed by atoms with E-state index in [1.807, 2.05) is 69.7 Å². The van der Waals surface area contributed by atoms with Gasteiger partial charge in [0.1, 0.15) is 41.9 Å². The molecular weight excluding hydrogens is 1180 g/mol. The third-order valence-electron chi connectivity index (χ3n) is 17.4. The zero-order chi connectivity index (χ0) is 67.5. The average Bonchev–Trinajstić information content (AvgIpc) is 1.60. The van der Waals surface area contributed by atoms with Gasteiger partial charge in [-0.3, -0.25) is 38.9 Å². The van der Waals surface area contributed by atoms with E-state index in [-0.39, 0.29) is 41.7 Å². The number of carbonyl (C=O) groups is 7. The van der Waals surface area contributed by atoms with Crippen LogP contribution in [0.1, 0.15) is 109 Å². The molecule has 0 radical (unpaired) electrons. The van der Waals surface area contributed by atoms with Crippen LogP contribution in [0.5, 0.6) is 11.5 Å². The Bertz CT molecular complexity index is 3180. The van der Waals surface area contributed by atoms with Gasteiger partial charge in [-0.25, -0.2) is 0 Å². The van der Waals surface area contributed by atoms with Gasteiger partial charge in [-0.05, 0) is 92.6 Å². The molecule has 3 heterocycles. The van der Waals surface area contributed by atoms with Crippen molar-refractivity contribution in [2.24, 2.45) is 17.8 Å². The highest BCUT2D eigenvalue weighted by molar-refractivity contribution is 6.01. The molecule has 13 N–H and O–H groups in total. The van der Waals surface area contributed by atoms with Crippen molar-refractivity contribution in [1.29, 1.82) is 0 Å². The van der Waals surface area contributed by atoms with Gasteiger partial charge in [-0.1, -0.05) is 93.4 Å². The quantitative estimate of drug-likeness (QED) is 0.0246. The molecule has 3 fully saturated rings. The number of nitrogens with one attached hydrogen (secondary N) is 5. The maximum Gasteiger partial charge on any atom is 0.248 e. The number of amides is 5. The number of aliphatic hydroxyl groups is 7. The first-order chi connectivity index (χ1) is 43.5. The highest BCUT2D eigenvalue weighted by atomic mass is 16.5. The molecule has 0 spiro atoms. The Hall–Kier alpha value is -7.39. The molecule has 92 heavy (non-hydrogen) atoms. The second-order valence-corrected chi connectivity index (χ2v) is 26.4. The van der Waals surface area contributed by atoms with Gasteiger partial charge in [-0.2, -0.15) is 0 Å². The lowest BCUT2D eigenvalue weighted by Crippen LogP contribution is -2.63. The monoisotopic (exact) mass is 1280 g/mol. The third kappa shape index (κ3) is 18.5. The summed E-state index contributed by atoms with van der Waals surface area (Å²) in [5.74, 6) is -10.7. The predicted molar refractivity (Wildman–Crippen MR) is 343 cm³/mol. The van der Waals surface area contributed by atoms with Gasteiger partial charge in [0.05, 0.1) is 88.6 Å². The Morgan fingerprint density at radius 3 is 1.84 bits per heavy atom. The van der Waals surface area contributed by atoms with Crippen LogP contribution in [0, 0.1) is 17.8 Å². The number of phenolic OH excluding ortho intramolecular Hbond substituents is 1. The van der Waals surface area contributed by atoms with E-state index in [1.54, 1.807) is 45.0 Å². The largest absolute Gasteiger partial charge is 0.506 e. The number of anilines is 1. The first-order valence-corrected chi connectivity index (χ1v) is 31.9. The Kier molecular flexibility index (Phi) is 25.0. The van der Waals surface area contributed by atoms with Gasteiger partial charge >= 0.3 is 0 Å². The number of aliphatic hydroxyl groups excluding tert-OH is 7. The van der Waals surface area contributed by atoms with Crippen molar-refractivity contribution in [2.75, 3.05) is 59.2 Å². The molecule has 4 aromatic rings. The van der Waals surface area contributed by atoms with Gasteiger partial charge in [-0.15, -0.1) is 0 Å². The van der Waals surface area contributed by atoms with Gasteiger partial charge in [0.25, 0.3) is 0 Å². The number of quaternary nitrogens is 1. The Morgan fingerprint density at radius 1 is 0.707 bits per heavy atom. The summed E-state index contributed by atoms with van der Waals surface area (Å²) in [6.45, 7) is 10.00. The summed E-state index contributed by atoms with van der Waals surface area (Å²) in [4.78, 5) is 105. The van der Waals surface area contributed by atoms with Crippen LogP contribution in [0.4, 0.5) is 5.69 Å². The molecule has 24 heteroatoms. The fourth-order valence-electron chi connectivity index (χ4n) is 12.0. The lowest BCUT2D eigenvalue weighted by molar-refractivity contribution is -0.869. The third-order valence-corrected chi connectivity index (χ3v) is 17.4. The fraction of sp³-hybridized carbons (Fsp3) is 0.544. The molecule has 0 aromatic heterocycles. The Balaban J connectivity index is 1.24. The first-order valence-electron chi connectivity index (χ1n) is 31.9. The normalized spacial score (nSPS) is 26.2. The summed E-state index contributed by atoms with van der Waals surface area (Å²) in [5, 5.41) is 106. The van der Waals surface area contributed by atoms with Crippen molar-refractivity contribution in [3.63, 3.8) is 0 Å². The molecule has 7 rings (SSSR count).